The lowest BCUT2D eigenvalue weighted by Crippen LogP contribution is -2.17. The predicted molar refractivity (Wildman–Crippen MR) is 120 cm³/mol. The largest absolute Gasteiger partial charge is 0.432 e. The van der Waals surface area contributed by atoms with E-state index in [9.17, 15) is 4.79 Å². The van der Waals surface area contributed by atoms with E-state index in [1.807, 2.05) is 48.5 Å². The van der Waals surface area contributed by atoms with Gasteiger partial charge < -0.3 is 15.4 Å². The van der Waals surface area contributed by atoms with Gasteiger partial charge in [-0.3, -0.25) is 4.79 Å². The summed E-state index contributed by atoms with van der Waals surface area (Å²) in [7, 11) is 0. The summed E-state index contributed by atoms with van der Waals surface area (Å²) in [5.74, 6) is 0.244. The molecule has 0 unspecified atom stereocenters. The molecule has 1 amide bonds. The van der Waals surface area contributed by atoms with Crippen LogP contribution in [0.25, 0.3) is 0 Å². The van der Waals surface area contributed by atoms with E-state index in [4.69, 9.17) is 17.0 Å². The Bertz CT molecular complexity index is 995. The fraction of sp³-hybridized carbons (Fsp3) is 0. The molecule has 4 nitrogen and oxygen atoms in total. The average molecular weight is 506 g/mol. The highest BCUT2D eigenvalue weighted by atomic mass is 79.9. The summed E-state index contributed by atoms with van der Waals surface area (Å²) in [4.78, 5) is 12.5. The van der Waals surface area contributed by atoms with Gasteiger partial charge in [0.05, 0.1) is 0 Å². The van der Waals surface area contributed by atoms with Gasteiger partial charge in [-0.2, -0.15) is 0 Å². The SMILES string of the molecule is O=C(Nc1cccc(Br)c1)c1cccc(OC(=S)Nc2cccc(Br)c2)c1. The van der Waals surface area contributed by atoms with Crippen molar-refractivity contribution in [2.24, 2.45) is 0 Å². The van der Waals surface area contributed by atoms with Crippen molar-refractivity contribution in [1.82, 2.24) is 0 Å². The molecule has 2 N–H and O–H groups in total. The number of amides is 1. The van der Waals surface area contributed by atoms with E-state index in [1.54, 1.807) is 24.3 Å². The predicted octanol–water partition coefficient (Wildman–Crippen LogP) is 6.24. The molecule has 0 spiro atoms. The van der Waals surface area contributed by atoms with Crippen LogP contribution in [0.3, 0.4) is 0 Å². The molecular formula is C20H14Br2N2O2S. The third kappa shape index (κ3) is 5.89. The van der Waals surface area contributed by atoms with Crippen LogP contribution in [0.1, 0.15) is 10.4 Å². The molecule has 0 radical (unpaired) electrons. The second kappa shape index (κ2) is 9.12. The summed E-state index contributed by atoms with van der Waals surface area (Å²) in [6.07, 6.45) is 0. The van der Waals surface area contributed by atoms with Gasteiger partial charge in [-0.25, -0.2) is 0 Å². The highest BCUT2D eigenvalue weighted by Gasteiger charge is 2.09. The number of thiocarbonyl (C=S) groups is 1. The number of halogens is 2. The van der Waals surface area contributed by atoms with Crippen LogP contribution in [0.2, 0.25) is 0 Å². The third-order valence-electron chi connectivity index (χ3n) is 3.46. The summed E-state index contributed by atoms with van der Waals surface area (Å²) in [5.41, 5.74) is 1.98. The van der Waals surface area contributed by atoms with E-state index in [1.165, 1.54) is 0 Å². The van der Waals surface area contributed by atoms with Gasteiger partial charge in [-0.05, 0) is 66.8 Å². The molecule has 27 heavy (non-hydrogen) atoms. The van der Waals surface area contributed by atoms with E-state index < -0.39 is 0 Å². The van der Waals surface area contributed by atoms with Gasteiger partial charge in [0.1, 0.15) is 5.75 Å². The first-order valence-electron chi connectivity index (χ1n) is 7.91. The zero-order valence-corrected chi connectivity index (χ0v) is 17.9. The molecule has 136 valence electrons. The van der Waals surface area contributed by atoms with Crippen LogP contribution in [0.15, 0.2) is 81.7 Å². The number of hydrogen-bond acceptors (Lipinski definition) is 3. The minimum Gasteiger partial charge on any atom is -0.432 e. The Hall–Kier alpha value is -2.22. The lowest BCUT2D eigenvalue weighted by molar-refractivity contribution is 0.102. The smallest absolute Gasteiger partial charge is 0.266 e. The van der Waals surface area contributed by atoms with Gasteiger partial charge in [0.25, 0.3) is 11.1 Å². The van der Waals surface area contributed by atoms with Crippen molar-refractivity contribution in [3.05, 3.63) is 87.3 Å². The van der Waals surface area contributed by atoms with Crippen LogP contribution in [0.4, 0.5) is 11.4 Å². The van der Waals surface area contributed by atoms with Crippen molar-refractivity contribution in [2.75, 3.05) is 10.6 Å². The van der Waals surface area contributed by atoms with Crippen LogP contribution >= 0.6 is 44.1 Å². The van der Waals surface area contributed by atoms with Crippen molar-refractivity contribution >= 4 is 66.5 Å². The van der Waals surface area contributed by atoms with Gasteiger partial charge in [-0.1, -0.05) is 50.1 Å². The highest BCUT2D eigenvalue weighted by molar-refractivity contribution is 9.10. The van der Waals surface area contributed by atoms with Crippen molar-refractivity contribution in [3.63, 3.8) is 0 Å². The quantitative estimate of drug-likeness (QED) is 0.412. The molecule has 3 aromatic carbocycles. The van der Waals surface area contributed by atoms with Crippen molar-refractivity contribution in [3.8, 4) is 5.75 Å². The van der Waals surface area contributed by atoms with E-state index in [0.717, 1.165) is 14.6 Å². The third-order valence-corrected chi connectivity index (χ3v) is 4.63. The van der Waals surface area contributed by atoms with Crippen LogP contribution in [0, 0.1) is 0 Å². The van der Waals surface area contributed by atoms with Crippen molar-refractivity contribution in [2.45, 2.75) is 0 Å². The Kier molecular flexibility index (Phi) is 6.60. The number of benzene rings is 3. The van der Waals surface area contributed by atoms with Crippen molar-refractivity contribution < 1.29 is 9.53 Å². The maximum atomic E-state index is 12.5. The summed E-state index contributed by atoms with van der Waals surface area (Å²) in [6.45, 7) is 0. The first kappa shape index (κ1) is 19.5. The van der Waals surface area contributed by atoms with Gasteiger partial charge in [0, 0.05) is 25.9 Å². The molecule has 0 aliphatic carbocycles. The first-order valence-corrected chi connectivity index (χ1v) is 9.90. The molecule has 0 aliphatic heterocycles. The highest BCUT2D eigenvalue weighted by Crippen LogP contribution is 2.20. The Morgan fingerprint density at radius 1 is 0.815 bits per heavy atom. The fourth-order valence-corrected chi connectivity index (χ4v) is 3.30. The molecule has 3 rings (SSSR count). The maximum absolute atomic E-state index is 12.5. The minimum absolute atomic E-state index is 0.192. The van der Waals surface area contributed by atoms with Gasteiger partial charge >= 0.3 is 0 Å². The number of ether oxygens (including phenoxy) is 1. The van der Waals surface area contributed by atoms with Crippen LogP contribution in [0.5, 0.6) is 5.75 Å². The molecule has 0 saturated carbocycles. The molecule has 0 aromatic heterocycles. The summed E-state index contributed by atoms with van der Waals surface area (Å²) in [5, 5.41) is 6.04. The molecule has 0 bridgehead atoms. The maximum Gasteiger partial charge on any atom is 0.266 e. The average Bonchev–Trinajstić information content (AvgIpc) is 2.62. The van der Waals surface area contributed by atoms with E-state index >= 15 is 0 Å². The zero-order chi connectivity index (χ0) is 19.2. The van der Waals surface area contributed by atoms with Crippen LogP contribution in [-0.4, -0.2) is 11.1 Å². The van der Waals surface area contributed by atoms with Gasteiger partial charge in [0.2, 0.25) is 0 Å². The molecule has 0 fully saturated rings. The Morgan fingerprint density at radius 2 is 1.41 bits per heavy atom. The second-order valence-electron chi connectivity index (χ2n) is 5.52. The Morgan fingerprint density at radius 3 is 2.04 bits per heavy atom. The minimum atomic E-state index is -0.232. The molecular weight excluding hydrogens is 492 g/mol. The van der Waals surface area contributed by atoms with Crippen LogP contribution in [-0.2, 0) is 0 Å². The van der Waals surface area contributed by atoms with E-state index in [-0.39, 0.29) is 11.1 Å². The fourth-order valence-electron chi connectivity index (χ4n) is 2.29. The normalized spacial score (nSPS) is 10.1. The molecule has 0 saturated heterocycles. The number of hydrogen-bond donors (Lipinski definition) is 2. The van der Waals surface area contributed by atoms with Crippen molar-refractivity contribution in [1.29, 1.82) is 0 Å². The lowest BCUT2D eigenvalue weighted by atomic mass is 10.2. The number of anilines is 2. The number of carbonyl (C=O) groups excluding carboxylic acids is 1. The topological polar surface area (TPSA) is 50.4 Å². The van der Waals surface area contributed by atoms with Gasteiger partial charge in [0.15, 0.2) is 0 Å². The summed E-state index contributed by atoms with van der Waals surface area (Å²) < 4.78 is 7.46. The van der Waals surface area contributed by atoms with Gasteiger partial charge in [-0.15, -0.1) is 0 Å². The molecule has 0 atom stereocenters. The Labute approximate surface area is 179 Å². The Balaban J connectivity index is 1.66. The molecule has 0 heterocycles. The number of nitrogens with one attached hydrogen (secondary N) is 2. The standard InChI is InChI=1S/C20H14Br2N2O2S/c21-14-5-2-7-16(11-14)23-19(25)13-4-1-9-18(10-13)26-20(27)24-17-8-3-6-15(22)12-17/h1-12H,(H,23,25)(H,24,27). The monoisotopic (exact) mass is 504 g/mol. The van der Waals surface area contributed by atoms with E-state index in [0.29, 0.717) is 17.0 Å². The summed E-state index contributed by atoms with van der Waals surface area (Å²) >= 11 is 12.0. The molecule has 3 aromatic rings. The zero-order valence-electron chi connectivity index (χ0n) is 13.9. The lowest BCUT2D eigenvalue weighted by Gasteiger charge is -2.11. The first-order chi connectivity index (χ1) is 13.0. The second-order valence-corrected chi connectivity index (χ2v) is 7.72. The molecule has 0 aliphatic rings. The number of rotatable bonds is 4. The summed E-state index contributed by atoms with van der Waals surface area (Å²) in [6, 6.07) is 21.8. The number of carbonyl (C=O) groups is 1. The molecule has 7 heteroatoms. The van der Waals surface area contributed by atoms with Crippen LogP contribution < -0.4 is 15.4 Å². The van der Waals surface area contributed by atoms with E-state index in [2.05, 4.69) is 42.5 Å².